The molecular formula is C14H27ClO4Si. The molecule has 4 atom stereocenters. The van der Waals surface area contributed by atoms with Crippen LogP contribution in [0.2, 0.25) is 18.1 Å². The zero-order valence-electron chi connectivity index (χ0n) is 13.3. The molecule has 0 bridgehead atoms. The summed E-state index contributed by atoms with van der Waals surface area (Å²) in [5, 5.41) is 0.282. The molecular weight excluding hydrogens is 296 g/mol. The molecule has 20 heavy (non-hydrogen) atoms. The fourth-order valence-electron chi connectivity index (χ4n) is 2.37. The van der Waals surface area contributed by atoms with Crippen molar-refractivity contribution in [2.45, 2.75) is 75.5 Å². The first kappa shape index (κ1) is 16.7. The minimum Gasteiger partial charge on any atom is -0.378 e. The van der Waals surface area contributed by atoms with E-state index in [-0.39, 0.29) is 23.4 Å². The fourth-order valence-corrected chi connectivity index (χ4v) is 3.15. The molecule has 0 aromatic carbocycles. The Hall–Kier alpha value is 0.347. The molecule has 2 aliphatic heterocycles. The van der Waals surface area contributed by atoms with E-state index in [4.69, 9.17) is 30.5 Å². The summed E-state index contributed by atoms with van der Waals surface area (Å²) >= 11 is 6.18. The first-order valence-electron chi connectivity index (χ1n) is 7.35. The van der Waals surface area contributed by atoms with Gasteiger partial charge in [-0.2, -0.15) is 0 Å². The standard InChI is InChI=1S/C14H27ClO4Si/c1-13(2,20(5)6)8-16-7-9-10-11(12(15)17-9)19-14(3,4)18-10/h9-12,20H,7-8H2,1-6H3/t9-,10-,11-,12-/m1/s1. The van der Waals surface area contributed by atoms with Gasteiger partial charge in [-0.25, -0.2) is 0 Å². The summed E-state index contributed by atoms with van der Waals surface area (Å²) in [6, 6.07) is 0. The van der Waals surface area contributed by atoms with Crippen LogP contribution in [0, 0.1) is 0 Å². The topological polar surface area (TPSA) is 36.9 Å². The second-order valence-corrected chi connectivity index (χ2v) is 11.6. The van der Waals surface area contributed by atoms with Crippen LogP contribution in [0.15, 0.2) is 0 Å². The molecule has 0 unspecified atom stereocenters. The fraction of sp³-hybridized carbons (Fsp3) is 1.00. The first-order valence-corrected chi connectivity index (χ1v) is 10.7. The zero-order chi connectivity index (χ0) is 15.1. The molecule has 2 rings (SSSR count). The SMILES string of the molecule is C[SiH](C)C(C)(C)COC[C@H]1O[C@@H](Cl)[C@@H]2OC(C)(C)O[C@@H]21. The predicted molar refractivity (Wildman–Crippen MR) is 82.1 cm³/mol. The Morgan fingerprint density at radius 1 is 1.20 bits per heavy atom. The Morgan fingerprint density at radius 2 is 1.80 bits per heavy atom. The maximum absolute atomic E-state index is 6.18. The molecule has 0 spiro atoms. The second-order valence-electron chi connectivity index (χ2n) is 7.25. The number of ether oxygens (including phenoxy) is 4. The Balaban J connectivity index is 1.85. The third kappa shape index (κ3) is 3.57. The third-order valence-electron chi connectivity index (χ3n) is 4.41. The highest BCUT2D eigenvalue weighted by atomic mass is 35.5. The van der Waals surface area contributed by atoms with Crippen molar-refractivity contribution in [2.24, 2.45) is 0 Å². The van der Waals surface area contributed by atoms with E-state index in [1.165, 1.54) is 0 Å². The van der Waals surface area contributed by atoms with Crippen LogP contribution >= 0.6 is 11.6 Å². The van der Waals surface area contributed by atoms with Gasteiger partial charge in [0.25, 0.3) is 0 Å². The average Bonchev–Trinajstić information content (AvgIpc) is 2.75. The number of hydrogen-bond acceptors (Lipinski definition) is 4. The quantitative estimate of drug-likeness (QED) is 0.576. The zero-order valence-corrected chi connectivity index (χ0v) is 15.2. The van der Waals surface area contributed by atoms with Crippen LogP contribution in [-0.2, 0) is 18.9 Å². The summed E-state index contributed by atoms with van der Waals surface area (Å²) in [6.45, 7) is 14.3. The van der Waals surface area contributed by atoms with E-state index in [1.54, 1.807) is 0 Å². The minimum absolute atomic E-state index is 0.132. The lowest BCUT2D eigenvalue weighted by Crippen LogP contribution is -2.34. The number of rotatable bonds is 5. The molecule has 0 aromatic heterocycles. The van der Waals surface area contributed by atoms with Crippen LogP contribution < -0.4 is 0 Å². The summed E-state index contributed by atoms with van der Waals surface area (Å²) in [6.07, 6.45) is -0.478. The molecule has 0 aromatic rings. The highest BCUT2D eigenvalue weighted by Crippen LogP contribution is 2.40. The van der Waals surface area contributed by atoms with Crippen LogP contribution in [0.25, 0.3) is 0 Å². The lowest BCUT2D eigenvalue weighted by molar-refractivity contribution is -0.184. The van der Waals surface area contributed by atoms with Crippen molar-refractivity contribution in [3.8, 4) is 0 Å². The number of alkyl halides is 1. The van der Waals surface area contributed by atoms with Gasteiger partial charge in [-0.1, -0.05) is 38.5 Å². The van der Waals surface area contributed by atoms with Gasteiger partial charge in [0, 0.05) is 15.4 Å². The maximum atomic E-state index is 6.18. The van der Waals surface area contributed by atoms with Gasteiger partial charge >= 0.3 is 0 Å². The first-order chi connectivity index (χ1) is 9.12. The Labute approximate surface area is 128 Å². The smallest absolute Gasteiger partial charge is 0.164 e. The lowest BCUT2D eigenvalue weighted by Gasteiger charge is -2.29. The van der Waals surface area contributed by atoms with Crippen molar-refractivity contribution in [1.29, 1.82) is 0 Å². The van der Waals surface area contributed by atoms with Gasteiger partial charge in [0.1, 0.15) is 18.3 Å². The molecule has 2 aliphatic rings. The van der Waals surface area contributed by atoms with Crippen molar-refractivity contribution in [1.82, 2.24) is 0 Å². The summed E-state index contributed by atoms with van der Waals surface area (Å²) in [7, 11) is -0.750. The largest absolute Gasteiger partial charge is 0.378 e. The van der Waals surface area contributed by atoms with Crippen LogP contribution in [0.4, 0.5) is 0 Å². The van der Waals surface area contributed by atoms with Crippen LogP contribution in [0.1, 0.15) is 27.7 Å². The van der Waals surface area contributed by atoms with Gasteiger partial charge in [-0.3, -0.25) is 0 Å². The van der Waals surface area contributed by atoms with E-state index in [2.05, 4.69) is 26.9 Å². The summed E-state index contributed by atoms with van der Waals surface area (Å²) < 4.78 is 23.2. The normalized spacial score (nSPS) is 36.6. The Morgan fingerprint density at radius 3 is 2.40 bits per heavy atom. The molecule has 0 amide bonds. The molecule has 2 saturated heterocycles. The van der Waals surface area contributed by atoms with Crippen molar-refractivity contribution in [3.05, 3.63) is 0 Å². The average molecular weight is 323 g/mol. The van der Waals surface area contributed by atoms with Crippen molar-refractivity contribution < 1.29 is 18.9 Å². The predicted octanol–water partition coefficient (Wildman–Crippen LogP) is 2.75. The number of halogens is 1. The molecule has 2 heterocycles. The minimum atomic E-state index is -0.750. The molecule has 6 heteroatoms. The van der Waals surface area contributed by atoms with E-state index >= 15 is 0 Å². The van der Waals surface area contributed by atoms with Crippen LogP contribution in [0.5, 0.6) is 0 Å². The summed E-state index contributed by atoms with van der Waals surface area (Å²) in [5.41, 5.74) is -0.456. The van der Waals surface area contributed by atoms with E-state index in [0.29, 0.717) is 6.61 Å². The van der Waals surface area contributed by atoms with Crippen molar-refractivity contribution >= 4 is 20.4 Å². The summed E-state index contributed by atoms with van der Waals surface area (Å²) in [5.74, 6) is -0.589. The molecule has 0 radical (unpaired) electrons. The number of hydrogen-bond donors (Lipinski definition) is 0. The van der Waals surface area contributed by atoms with Gasteiger partial charge in [0.2, 0.25) is 0 Å². The van der Waals surface area contributed by atoms with Gasteiger partial charge in [0.05, 0.1) is 6.61 Å². The van der Waals surface area contributed by atoms with Crippen LogP contribution in [0.3, 0.4) is 0 Å². The Kier molecular flexibility index (Phi) is 4.89. The van der Waals surface area contributed by atoms with Crippen molar-refractivity contribution in [3.63, 3.8) is 0 Å². The summed E-state index contributed by atoms with van der Waals surface area (Å²) in [4.78, 5) is 0. The molecule has 0 aliphatic carbocycles. The lowest BCUT2D eigenvalue weighted by atomic mass is 10.1. The number of fused-ring (bicyclic) bond motifs is 1. The van der Waals surface area contributed by atoms with E-state index in [1.807, 2.05) is 13.8 Å². The Bertz CT molecular complexity index is 348. The molecule has 0 N–H and O–H groups in total. The monoisotopic (exact) mass is 322 g/mol. The van der Waals surface area contributed by atoms with E-state index < -0.39 is 20.1 Å². The maximum Gasteiger partial charge on any atom is 0.164 e. The molecule has 118 valence electrons. The second kappa shape index (κ2) is 5.86. The molecule has 0 saturated carbocycles. The van der Waals surface area contributed by atoms with Gasteiger partial charge in [0.15, 0.2) is 11.4 Å². The van der Waals surface area contributed by atoms with E-state index in [9.17, 15) is 0 Å². The highest BCUT2D eigenvalue weighted by molar-refractivity contribution is 6.59. The van der Waals surface area contributed by atoms with Gasteiger partial charge < -0.3 is 18.9 Å². The van der Waals surface area contributed by atoms with Gasteiger partial charge in [-0.05, 0) is 18.9 Å². The highest BCUT2D eigenvalue weighted by Gasteiger charge is 2.54. The van der Waals surface area contributed by atoms with E-state index in [0.717, 1.165) is 6.61 Å². The van der Waals surface area contributed by atoms with Gasteiger partial charge in [-0.15, -0.1) is 0 Å². The third-order valence-corrected chi connectivity index (χ3v) is 8.06. The van der Waals surface area contributed by atoms with Crippen LogP contribution in [-0.4, -0.2) is 51.7 Å². The molecule has 4 nitrogen and oxygen atoms in total. The molecule has 2 fully saturated rings. The van der Waals surface area contributed by atoms with Crippen molar-refractivity contribution in [2.75, 3.05) is 13.2 Å².